The Bertz CT molecular complexity index is 362. The van der Waals surface area contributed by atoms with Gasteiger partial charge in [-0.05, 0) is 24.5 Å². The molecule has 0 saturated carbocycles. The van der Waals surface area contributed by atoms with Crippen molar-refractivity contribution < 1.29 is 4.79 Å². The predicted molar refractivity (Wildman–Crippen MR) is 72.6 cm³/mol. The Morgan fingerprint density at radius 2 is 2.06 bits per heavy atom. The topological polar surface area (TPSA) is 66.9 Å². The number of unbranched alkanes of at least 4 members (excludes halogenated alkanes) is 1. The summed E-state index contributed by atoms with van der Waals surface area (Å²) >= 11 is 0. The summed E-state index contributed by atoms with van der Waals surface area (Å²) < 4.78 is 0. The second-order valence-corrected chi connectivity index (χ2v) is 4.70. The van der Waals surface area contributed by atoms with Crippen LogP contribution in [0.15, 0.2) is 12.1 Å². The maximum atomic E-state index is 11.7. The Morgan fingerprint density at radius 3 is 2.61 bits per heavy atom. The molecule has 0 unspecified atom stereocenters. The number of rotatable bonds is 7. The molecule has 2 N–H and O–H groups in total. The highest BCUT2D eigenvalue weighted by Crippen LogP contribution is 2.05. The van der Waals surface area contributed by atoms with Crippen LogP contribution in [0.4, 0.5) is 5.82 Å². The third kappa shape index (κ3) is 5.12. The van der Waals surface area contributed by atoms with Crippen molar-refractivity contribution in [2.24, 2.45) is 5.92 Å². The SMILES string of the molecule is CNc1ccc(C(=O)NCCCCC(C)C)nn1. The van der Waals surface area contributed by atoms with Crippen molar-refractivity contribution in [3.63, 3.8) is 0 Å². The van der Waals surface area contributed by atoms with Gasteiger partial charge in [0.2, 0.25) is 0 Å². The number of amides is 1. The van der Waals surface area contributed by atoms with Crippen molar-refractivity contribution >= 4 is 11.7 Å². The summed E-state index contributed by atoms with van der Waals surface area (Å²) in [6.45, 7) is 5.11. The van der Waals surface area contributed by atoms with Crippen molar-refractivity contribution in [2.45, 2.75) is 33.1 Å². The number of carbonyl (C=O) groups is 1. The summed E-state index contributed by atoms with van der Waals surface area (Å²) in [6.07, 6.45) is 3.35. The molecular weight excluding hydrogens is 228 g/mol. The van der Waals surface area contributed by atoms with E-state index >= 15 is 0 Å². The summed E-state index contributed by atoms with van der Waals surface area (Å²) in [5, 5.41) is 13.4. The molecule has 0 saturated heterocycles. The Kier molecular flexibility index (Phi) is 6.11. The molecule has 0 aliphatic rings. The van der Waals surface area contributed by atoms with Crippen molar-refractivity contribution in [3.8, 4) is 0 Å². The highest BCUT2D eigenvalue weighted by atomic mass is 16.1. The van der Waals surface area contributed by atoms with Crippen LogP contribution < -0.4 is 10.6 Å². The van der Waals surface area contributed by atoms with E-state index in [1.54, 1.807) is 19.2 Å². The third-order valence-electron chi connectivity index (χ3n) is 2.65. The van der Waals surface area contributed by atoms with E-state index in [2.05, 4.69) is 34.7 Å². The van der Waals surface area contributed by atoms with Crippen molar-refractivity contribution in [2.75, 3.05) is 18.9 Å². The van der Waals surface area contributed by atoms with Gasteiger partial charge in [-0.15, -0.1) is 10.2 Å². The molecule has 100 valence electrons. The first-order valence-corrected chi connectivity index (χ1v) is 6.43. The van der Waals surface area contributed by atoms with Crippen LogP contribution in [0.3, 0.4) is 0 Å². The van der Waals surface area contributed by atoms with Gasteiger partial charge in [-0.1, -0.05) is 26.7 Å². The number of aromatic nitrogens is 2. The quantitative estimate of drug-likeness (QED) is 0.727. The molecule has 0 aliphatic heterocycles. The monoisotopic (exact) mass is 250 g/mol. The fourth-order valence-corrected chi connectivity index (χ4v) is 1.56. The van der Waals surface area contributed by atoms with E-state index < -0.39 is 0 Å². The Hall–Kier alpha value is -1.65. The van der Waals surface area contributed by atoms with Crippen LogP contribution in [0.2, 0.25) is 0 Å². The summed E-state index contributed by atoms with van der Waals surface area (Å²) in [5.74, 6) is 1.22. The second-order valence-electron chi connectivity index (χ2n) is 4.70. The van der Waals surface area contributed by atoms with E-state index in [0.29, 0.717) is 18.1 Å². The Morgan fingerprint density at radius 1 is 1.28 bits per heavy atom. The summed E-state index contributed by atoms with van der Waals surface area (Å²) in [5.41, 5.74) is 0.359. The molecule has 1 aromatic heterocycles. The number of nitrogens with one attached hydrogen (secondary N) is 2. The highest BCUT2D eigenvalue weighted by Gasteiger charge is 2.06. The lowest BCUT2D eigenvalue weighted by Gasteiger charge is -2.06. The Balaban J connectivity index is 2.27. The first-order valence-electron chi connectivity index (χ1n) is 6.43. The van der Waals surface area contributed by atoms with E-state index in [1.165, 1.54) is 6.42 Å². The van der Waals surface area contributed by atoms with Crippen LogP contribution in [-0.2, 0) is 0 Å². The highest BCUT2D eigenvalue weighted by molar-refractivity contribution is 5.92. The van der Waals surface area contributed by atoms with Crippen LogP contribution >= 0.6 is 0 Å². The summed E-state index contributed by atoms with van der Waals surface area (Å²) in [6, 6.07) is 3.41. The molecule has 0 spiro atoms. The van der Waals surface area contributed by atoms with Crippen LogP contribution in [-0.4, -0.2) is 29.7 Å². The van der Waals surface area contributed by atoms with Crippen LogP contribution in [0, 0.1) is 5.92 Å². The molecule has 0 bridgehead atoms. The number of carbonyl (C=O) groups excluding carboxylic acids is 1. The van der Waals surface area contributed by atoms with Crippen molar-refractivity contribution in [1.82, 2.24) is 15.5 Å². The fraction of sp³-hybridized carbons (Fsp3) is 0.615. The summed E-state index contributed by atoms with van der Waals surface area (Å²) in [4.78, 5) is 11.7. The number of hydrogen-bond donors (Lipinski definition) is 2. The molecule has 5 nitrogen and oxygen atoms in total. The largest absolute Gasteiger partial charge is 0.372 e. The molecule has 1 amide bonds. The van der Waals surface area contributed by atoms with Gasteiger partial charge in [-0.3, -0.25) is 4.79 Å². The molecule has 0 atom stereocenters. The number of nitrogens with zero attached hydrogens (tertiary/aromatic N) is 2. The maximum absolute atomic E-state index is 11.7. The molecule has 0 aliphatic carbocycles. The van der Waals surface area contributed by atoms with E-state index in [9.17, 15) is 4.79 Å². The van der Waals surface area contributed by atoms with Gasteiger partial charge in [0, 0.05) is 13.6 Å². The van der Waals surface area contributed by atoms with E-state index in [-0.39, 0.29) is 5.91 Å². The minimum atomic E-state index is -0.158. The first-order chi connectivity index (χ1) is 8.63. The van der Waals surface area contributed by atoms with Crippen molar-refractivity contribution in [3.05, 3.63) is 17.8 Å². The minimum absolute atomic E-state index is 0.158. The molecule has 0 aromatic carbocycles. The van der Waals surface area contributed by atoms with Crippen LogP contribution in [0.25, 0.3) is 0 Å². The molecule has 1 rings (SSSR count). The standard InChI is InChI=1S/C13H22N4O/c1-10(2)6-4-5-9-15-13(18)11-7-8-12(14-3)17-16-11/h7-8,10H,4-6,9H2,1-3H3,(H,14,17)(H,15,18). The normalized spacial score (nSPS) is 10.4. The Labute approximate surface area is 108 Å². The van der Waals surface area contributed by atoms with Gasteiger partial charge >= 0.3 is 0 Å². The smallest absolute Gasteiger partial charge is 0.271 e. The molecule has 0 radical (unpaired) electrons. The average Bonchev–Trinajstić information content (AvgIpc) is 2.38. The number of hydrogen-bond acceptors (Lipinski definition) is 4. The molecular formula is C13H22N4O. The van der Waals surface area contributed by atoms with Crippen LogP contribution in [0.1, 0.15) is 43.6 Å². The zero-order valence-corrected chi connectivity index (χ0v) is 11.4. The lowest BCUT2D eigenvalue weighted by atomic mass is 10.1. The van der Waals surface area contributed by atoms with Gasteiger partial charge in [0.25, 0.3) is 5.91 Å². The molecule has 5 heteroatoms. The number of anilines is 1. The summed E-state index contributed by atoms with van der Waals surface area (Å²) in [7, 11) is 1.76. The molecule has 1 aromatic rings. The van der Waals surface area contributed by atoms with Gasteiger partial charge < -0.3 is 10.6 Å². The minimum Gasteiger partial charge on any atom is -0.372 e. The van der Waals surface area contributed by atoms with Crippen LogP contribution in [0.5, 0.6) is 0 Å². The van der Waals surface area contributed by atoms with Gasteiger partial charge in [0.15, 0.2) is 5.69 Å². The van der Waals surface area contributed by atoms with E-state index in [0.717, 1.165) is 18.8 Å². The molecule has 0 fully saturated rings. The first kappa shape index (κ1) is 14.4. The third-order valence-corrected chi connectivity index (χ3v) is 2.65. The van der Waals surface area contributed by atoms with Gasteiger partial charge in [-0.25, -0.2) is 0 Å². The zero-order chi connectivity index (χ0) is 13.4. The second kappa shape index (κ2) is 7.63. The van der Waals surface area contributed by atoms with Gasteiger partial charge in [0.1, 0.15) is 5.82 Å². The average molecular weight is 250 g/mol. The maximum Gasteiger partial charge on any atom is 0.271 e. The van der Waals surface area contributed by atoms with Crippen molar-refractivity contribution in [1.29, 1.82) is 0 Å². The fourth-order valence-electron chi connectivity index (χ4n) is 1.56. The van der Waals surface area contributed by atoms with E-state index in [4.69, 9.17) is 0 Å². The molecule has 18 heavy (non-hydrogen) atoms. The molecule has 1 heterocycles. The zero-order valence-electron chi connectivity index (χ0n) is 11.4. The lowest BCUT2D eigenvalue weighted by Crippen LogP contribution is -2.25. The van der Waals surface area contributed by atoms with Gasteiger partial charge in [0.05, 0.1) is 0 Å². The van der Waals surface area contributed by atoms with Gasteiger partial charge in [-0.2, -0.15) is 0 Å². The predicted octanol–water partition coefficient (Wildman–Crippen LogP) is 2.07. The lowest BCUT2D eigenvalue weighted by molar-refractivity contribution is 0.0947. The van der Waals surface area contributed by atoms with E-state index in [1.807, 2.05) is 0 Å².